The van der Waals surface area contributed by atoms with Gasteiger partial charge in [-0.15, -0.1) is 0 Å². The highest BCUT2D eigenvalue weighted by molar-refractivity contribution is 6.07. The smallest absolute Gasteiger partial charge is 0.160 e. The van der Waals surface area contributed by atoms with E-state index in [4.69, 9.17) is 9.97 Å². The van der Waals surface area contributed by atoms with Gasteiger partial charge >= 0.3 is 0 Å². The number of allylic oxidation sites excluding steroid dienone is 8. The maximum absolute atomic E-state index is 5.29. The van der Waals surface area contributed by atoms with E-state index in [-0.39, 0.29) is 5.41 Å². The number of hydrogen-bond acceptors (Lipinski definition) is 2. The third-order valence-corrected chi connectivity index (χ3v) is 12.5. The van der Waals surface area contributed by atoms with Crippen molar-refractivity contribution in [2.75, 3.05) is 0 Å². The fourth-order valence-electron chi connectivity index (χ4n) is 9.66. The molecule has 0 saturated heterocycles. The van der Waals surface area contributed by atoms with Crippen LogP contribution in [0.3, 0.4) is 0 Å². The Hall–Kier alpha value is -6.90. The van der Waals surface area contributed by atoms with Crippen molar-refractivity contribution in [3.05, 3.63) is 211 Å². The molecule has 2 heteroatoms. The Morgan fingerprint density at radius 2 is 1.12 bits per heavy atom. The highest BCUT2D eigenvalue weighted by atomic mass is 14.9. The zero-order chi connectivity index (χ0) is 38.1. The summed E-state index contributed by atoms with van der Waals surface area (Å²) >= 11 is 0. The lowest BCUT2D eigenvalue weighted by atomic mass is 9.73. The predicted molar refractivity (Wildman–Crippen MR) is 239 cm³/mol. The largest absolute Gasteiger partial charge is 0.228 e. The quantitative estimate of drug-likeness (QED) is 0.176. The molecule has 0 fully saturated rings. The summed E-state index contributed by atoms with van der Waals surface area (Å²) in [5.41, 5.74) is 15.6. The van der Waals surface area contributed by atoms with E-state index in [1.807, 2.05) is 6.07 Å². The maximum Gasteiger partial charge on any atom is 0.160 e. The first kappa shape index (κ1) is 33.4. The van der Waals surface area contributed by atoms with Crippen LogP contribution >= 0.6 is 0 Å². The van der Waals surface area contributed by atoms with Crippen molar-refractivity contribution in [2.45, 2.75) is 19.3 Å². The molecule has 0 spiro atoms. The fourth-order valence-corrected chi connectivity index (χ4v) is 9.66. The zero-order valence-corrected chi connectivity index (χ0v) is 32.0. The SMILES string of the molecule is CC1(C)C2=C(c3c(-c4ccc(-c5cc(-c6ccc(-c7cccc8ccccc78)cc6)nc(-c6ccccc6)n5)c5ccccc45)cccc31)C1C=CC=CC1C=C2. The molecule has 2 nitrogen and oxygen atoms in total. The third-order valence-electron chi connectivity index (χ3n) is 12.5. The van der Waals surface area contributed by atoms with Crippen LogP contribution in [-0.2, 0) is 5.41 Å². The summed E-state index contributed by atoms with van der Waals surface area (Å²) in [6.07, 6.45) is 14.0. The first-order chi connectivity index (χ1) is 28.0. The van der Waals surface area contributed by atoms with Crippen molar-refractivity contribution in [1.82, 2.24) is 9.97 Å². The molecule has 7 aromatic carbocycles. The highest BCUT2D eigenvalue weighted by Crippen LogP contribution is 2.56. The van der Waals surface area contributed by atoms with Crippen LogP contribution in [-0.4, -0.2) is 9.97 Å². The lowest BCUT2D eigenvalue weighted by molar-refractivity contribution is 0.628. The molecule has 11 rings (SSSR count). The normalized spacial score (nSPS) is 17.5. The lowest BCUT2D eigenvalue weighted by Gasteiger charge is -2.30. The van der Waals surface area contributed by atoms with E-state index >= 15 is 0 Å². The molecular weight excluding hydrogens is 689 g/mol. The van der Waals surface area contributed by atoms with E-state index in [0.29, 0.717) is 17.7 Å². The van der Waals surface area contributed by atoms with E-state index in [2.05, 4.69) is 202 Å². The summed E-state index contributed by atoms with van der Waals surface area (Å²) in [4.78, 5) is 10.5. The van der Waals surface area contributed by atoms with Gasteiger partial charge in [0.2, 0.25) is 0 Å². The molecule has 0 N–H and O–H groups in total. The summed E-state index contributed by atoms with van der Waals surface area (Å²) in [6, 6.07) is 56.8. The molecule has 2 atom stereocenters. The Morgan fingerprint density at radius 1 is 0.474 bits per heavy atom. The minimum Gasteiger partial charge on any atom is -0.228 e. The van der Waals surface area contributed by atoms with Crippen molar-refractivity contribution in [3.63, 3.8) is 0 Å². The summed E-state index contributed by atoms with van der Waals surface area (Å²) < 4.78 is 0. The number of aromatic nitrogens is 2. The molecule has 270 valence electrons. The monoisotopic (exact) mass is 728 g/mol. The second-order valence-electron chi connectivity index (χ2n) is 16.1. The molecule has 1 heterocycles. The number of hydrogen-bond donors (Lipinski definition) is 0. The number of fused-ring (bicyclic) bond motifs is 6. The second-order valence-corrected chi connectivity index (χ2v) is 16.1. The second kappa shape index (κ2) is 13.1. The molecule has 0 radical (unpaired) electrons. The predicted octanol–water partition coefficient (Wildman–Crippen LogP) is 14.1. The van der Waals surface area contributed by atoms with E-state index in [1.54, 1.807) is 0 Å². The van der Waals surface area contributed by atoms with Crippen LogP contribution in [0.1, 0.15) is 25.0 Å². The van der Waals surface area contributed by atoms with Crippen LogP contribution in [0.5, 0.6) is 0 Å². The molecular formula is C55H40N2. The maximum atomic E-state index is 5.29. The molecule has 57 heavy (non-hydrogen) atoms. The zero-order valence-electron chi connectivity index (χ0n) is 32.0. The Bertz CT molecular complexity index is 3030. The van der Waals surface area contributed by atoms with E-state index in [9.17, 15) is 0 Å². The van der Waals surface area contributed by atoms with Gasteiger partial charge in [0.15, 0.2) is 5.82 Å². The highest BCUT2D eigenvalue weighted by Gasteiger charge is 2.43. The van der Waals surface area contributed by atoms with E-state index in [1.165, 1.54) is 66.1 Å². The molecule has 0 aliphatic heterocycles. The summed E-state index contributed by atoms with van der Waals surface area (Å²) in [7, 11) is 0. The van der Waals surface area contributed by atoms with Crippen molar-refractivity contribution >= 4 is 27.1 Å². The lowest BCUT2D eigenvalue weighted by Crippen LogP contribution is -2.20. The van der Waals surface area contributed by atoms with Gasteiger partial charge in [-0.2, -0.15) is 0 Å². The first-order valence-electron chi connectivity index (χ1n) is 20.0. The molecule has 1 aromatic heterocycles. The van der Waals surface area contributed by atoms with Gasteiger partial charge in [-0.25, -0.2) is 9.97 Å². The van der Waals surface area contributed by atoms with Crippen molar-refractivity contribution in [2.24, 2.45) is 11.8 Å². The van der Waals surface area contributed by atoms with Crippen molar-refractivity contribution in [3.8, 4) is 56.2 Å². The standard InChI is InChI=1S/C55H40N2/c1-55(2)48-25-13-24-47(53(48)52-42-20-9-7-15-36(42)30-33-49(52)55)45-31-32-46(44-22-11-10-21-43(44)45)51-34-50(56-54(57-51)39-16-4-3-5-17-39)38-28-26-37(27-29-38)41-23-12-18-35-14-6-8-19-40(35)41/h3-34,36,42H,1-2H3. The summed E-state index contributed by atoms with van der Waals surface area (Å²) in [5.74, 6) is 1.42. The third kappa shape index (κ3) is 5.39. The van der Waals surface area contributed by atoms with Crippen LogP contribution in [0.25, 0.3) is 83.3 Å². The van der Waals surface area contributed by atoms with Gasteiger partial charge in [0.05, 0.1) is 11.4 Å². The molecule has 0 amide bonds. The first-order valence-corrected chi connectivity index (χ1v) is 20.0. The van der Waals surface area contributed by atoms with E-state index in [0.717, 1.165) is 28.1 Å². The molecule has 0 bridgehead atoms. The molecule has 2 unspecified atom stereocenters. The fraction of sp³-hybridized carbons (Fsp3) is 0.0909. The number of nitrogens with zero attached hydrogens (tertiary/aromatic N) is 2. The van der Waals surface area contributed by atoms with Crippen LogP contribution in [0.4, 0.5) is 0 Å². The average Bonchev–Trinajstić information content (AvgIpc) is 3.52. The minimum absolute atomic E-state index is 0.0782. The Kier molecular flexibility index (Phi) is 7.69. The van der Waals surface area contributed by atoms with Gasteiger partial charge in [0.25, 0.3) is 0 Å². The van der Waals surface area contributed by atoms with Gasteiger partial charge in [0, 0.05) is 33.9 Å². The molecule has 8 aromatic rings. The Labute approximate surface area is 333 Å². The van der Waals surface area contributed by atoms with Gasteiger partial charge in [0.1, 0.15) is 0 Å². The average molecular weight is 729 g/mol. The Morgan fingerprint density at radius 3 is 1.96 bits per heavy atom. The van der Waals surface area contributed by atoms with Crippen molar-refractivity contribution < 1.29 is 0 Å². The van der Waals surface area contributed by atoms with Crippen LogP contribution in [0.15, 0.2) is 200 Å². The van der Waals surface area contributed by atoms with Crippen LogP contribution in [0.2, 0.25) is 0 Å². The van der Waals surface area contributed by atoms with Gasteiger partial charge in [-0.3, -0.25) is 0 Å². The summed E-state index contributed by atoms with van der Waals surface area (Å²) in [6.45, 7) is 4.78. The van der Waals surface area contributed by atoms with E-state index < -0.39 is 0 Å². The molecule has 0 saturated carbocycles. The topological polar surface area (TPSA) is 25.8 Å². The van der Waals surface area contributed by atoms with Gasteiger partial charge in [-0.05, 0) is 72.1 Å². The molecule has 3 aliphatic rings. The van der Waals surface area contributed by atoms with Crippen LogP contribution in [0, 0.1) is 11.8 Å². The minimum atomic E-state index is -0.0782. The van der Waals surface area contributed by atoms with Crippen molar-refractivity contribution in [1.29, 1.82) is 0 Å². The molecule has 3 aliphatic carbocycles. The summed E-state index contributed by atoms with van der Waals surface area (Å²) in [5, 5.41) is 4.89. The number of rotatable bonds is 5. The number of benzene rings is 7. The Balaban J connectivity index is 1.06. The van der Waals surface area contributed by atoms with Crippen LogP contribution < -0.4 is 0 Å². The van der Waals surface area contributed by atoms with Gasteiger partial charge < -0.3 is 0 Å². The van der Waals surface area contributed by atoms with Gasteiger partial charge in [-0.1, -0.05) is 202 Å².